The Morgan fingerprint density at radius 3 is 2.56 bits per heavy atom. The summed E-state index contributed by atoms with van der Waals surface area (Å²) in [5.74, 6) is 1.15. The van der Waals surface area contributed by atoms with Gasteiger partial charge in [0.2, 0.25) is 0 Å². The summed E-state index contributed by atoms with van der Waals surface area (Å²) in [6.45, 7) is 6.96. The predicted octanol–water partition coefficient (Wildman–Crippen LogP) is 3.24. The first-order chi connectivity index (χ1) is 7.43. The Bertz CT molecular complexity index is 432. The summed E-state index contributed by atoms with van der Waals surface area (Å²) < 4.78 is 5.24. The zero-order valence-electron chi connectivity index (χ0n) is 10.3. The highest BCUT2D eigenvalue weighted by atomic mass is 28.3. The van der Waals surface area contributed by atoms with Crippen molar-refractivity contribution in [2.75, 3.05) is 7.11 Å². The third-order valence-corrected chi connectivity index (χ3v) is 5.98. The van der Waals surface area contributed by atoms with Crippen LogP contribution in [0.4, 0.5) is 0 Å². The first-order valence-corrected chi connectivity index (χ1v) is 9.22. The maximum Gasteiger partial charge on any atom is 0.163 e. The Balaban J connectivity index is 2.50. The fourth-order valence-corrected chi connectivity index (χ4v) is 4.36. The molecule has 0 fully saturated rings. The molecule has 0 saturated carbocycles. The second-order valence-corrected chi connectivity index (χ2v) is 10.9. The zero-order valence-corrected chi connectivity index (χ0v) is 11.3. The Labute approximate surface area is 97.6 Å². The minimum atomic E-state index is -1.33. The number of carbonyl (C=O) groups excluding carboxylic acids is 1. The van der Waals surface area contributed by atoms with Crippen LogP contribution in [0.1, 0.15) is 27.9 Å². The largest absolute Gasteiger partial charge is 0.497 e. The van der Waals surface area contributed by atoms with E-state index in [2.05, 4.69) is 19.6 Å². The lowest BCUT2D eigenvalue weighted by atomic mass is 10.1. The van der Waals surface area contributed by atoms with Crippen LogP contribution < -0.4 is 4.74 Å². The van der Waals surface area contributed by atoms with Crippen molar-refractivity contribution in [3.05, 3.63) is 29.3 Å². The average Bonchev–Trinajstić information content (AvgIpc) is 2.55. The van der Waals surface area contributed by atoms with Crippen LogP contribution in [-0.4, -0.2) is 21.0 Å². The van der Waals surface area contributed by atoms with E-state index in [-0.39, 0.29) is 0 Å². The van der Waals surface area contributed by atoms with E-state index in [9.17, 15) is 4.79 Å². The van der Waals surface area contributed by atoms with Gasteiger partial charge in [-0.25, -0.2) is 0 Å². The van der Waals surface area contributed by atoms with Crippen LogP contribution >= 0.6 is 0 Å². The van der Waals surface area contributed by atoms with Gasteiger partial charge in [0.1, 0.15) is 5.75 Å². The quantitative estimate of drug-likeness (QED) is 0.734. The van der Waals surface area contributed by atoms with Crippen molar-refractivity contribution in [3.8, 4) is 5.75 Å². The Kier molecular flexibility index (Phi) is 2.66. The first kappa shape index (κ1) is 11.4. The third-order valence-electron chi connectivity index (χ3n) is 3.37. The van der Waals surface area contributed by atoms with Gasteiger partial charge >= 0.3 is 0 Å². The Morgan fingerprint density at radius 2 is 2.00 bits per heavy atom. The molecule has 1 aliphatic rings. The fraction of sp³-hybridized carbons (Fsp3) is 0.462. The minimum absolute atomic E-state index is 0.296. The summed E-state index contributed by atoms with van der Waals surface area (Å²) in [7, 11) is 0.339. The summed E-state index contributed by atoms with van der Waals surface area (Å²) in [5.41, 5.74) is 2.57. The molecule has 1 aromatic rings. The van der Waals surface area contributed by atoms with Gasteiger partial charge < -0.3 is 4.74 Å². The standard InChI is InChI=1S/C13H18O2Si/c1-15-9-5-6-10-11(7-9)13(8-12(10)14)16(2,3)4/h5-7,13H,8H2,1-4H3. The topological polar surface area (TPSA) is 26.3 Å². The van der Waals surface area contributed by atoms with E-state index in [4.69, 9.17) is 4.74 Å². The van der Waals surface area contributed by atoms with Crippen molar-refractivity contribution in [1.29, 1.82) is 0 Å². The van der Waals surface area contributed by atoms with E-state index in [1.54, 1.807) is 7.11 Å². The molecule has 0 amide bonds. The average molecular weight is 234 g/mol. The minimum Gasteiger partial charge on any atom is -0.497 e. The maximum absolute atomic E-state index is 11.9. The van der Waals surface area contributed by atoms with E-state index in [1.165, 1.54) is 5.56 Å². The monoisotopic (exact) mass is 234 g/mol. The molecule has 0 bridgehead atoms. The van der Waals surface area contributed by atoms with E-state index >= 15 is 0 Å². The summed E-state index contributed by atoms with van der Waals surface area (Å²) >= 11 is 0. The number of methoxy groups -OCH3 is 1. The first-order valence-electron chi connectivity index (χ1n) is 5.64. The molecule has 1 aromatic carbocycles. The van der Waals surface area contributed by atoms with Gasteiger partial charge in [-0.05, 0) is 29.3 Å². The second kappa shape index (κ2) is 3.73. The number of ketones is 1. The molecule has 0 spiro atoms. The van der Waals surface area contributed by atoms with Crippen LogP contribution in [0.15, 0.2) is 18.2 Å². The van der Waals surface area contributed by atoms with Crippen molar-refractivity contribution < 1.29 is 9.53 Å². The highest BCUT2D eigenvalue weighted by molar-refractivity contribution is 6.78. The van der Waals surface area contributed by atoms with Crippen molar-refractivity contribution in [3.63, 3.8) is 0 Å². The molecule has 1 aliphatic carbocycles. The normalized spacial score (nSPS) is 19.8. The van der Waals surface area contributed by atoms with Crippen LogP contribution in [0.3, 0.4) is 0 Å². The molecular weight excluding hydrogens is 216 g/mol. The molecule has 0 saturated heterocycles. The summed E-state index contributed by atoms with van der Waals surface area (Å²) in [6, 6.07) is 5.84. The van der Waals surface area contributed by atoms with Crippen molar-refractivity contribution in [2.24, 2.45) is 0 Å². The summed E-state index contributed by atoms with van der Waals surface area (Å²) in [5, 5.41) is 0. The molecule has 1 unspecified atom stereocenters. The highest BCUT2D eigenvalue weighted by Gasteiger charge is 2.38. The number of benzene rings is 1. The van der Waals surface area contributed by atoms with Crippen LogP contribution in [-0.2, 0) is 0 Å². The number of hydrogen-bond donors (Lipinski definition) is 0. The highest BCUT2D eigenvalue weighted by Crippen LogP contribution is 2.40. The van der Waals surface area contributed by atoms with Gasteiger partial charge in [-0.3, -0.25) is 4.79 Å². The van der Waals surface area contributed by atoms with Gasteiger partial charge in [0, 0.05) is 12.0 Å². The molecule has 1 atom stereocenters. The van der Waals surface area contributed by atoms with Gasteiger partial charge in [-0.15, -0.1) is 0 Å². The van der Waals surface area contributed by atoms with Crippen LogP contribution in [0, 0.1) is 0 Å². The number of fused-ring (bicyclic) bond motifs is 1. The smallest absolute Gasteiger partial charge is 0.163 e. The zero-order chi connectivity index (χ0) is 11.9. The Morgan fingerprint density at radius 1 is 1.31 bits per heavy atom. The maximum atomic E-state index is 11.9. The SMILES string of the molecule is COc1ccc2c(c1)C([Si](C)(C)C)CC2=O. The molecule has 2 rings (SSSR count). The number of Topliss-reactive ketones (excluding diaryl/α,β-unsaturated/α-hetero) is 1. The number of carbonyl (C=O) groups is 1. The number of rotatable bonds is 2. The third kappa shape index (κ3) is 1.80. The molecule has 2 nitrogen and oxygen atoms in total. The predicted molar refractivity (Wildman–Crippen MR) is 68.0 cm³/mol. The Hall–Kier alpha value is -1.09. The van der Waals surface area contributed by atoms with Crippen LogP contribution in [0.2, 0.25) is 19.6 Å². The molecule has 0 aromatic heterocycles. The van der Waals surface area contributed by atoms with Crippen LogP contribution in [0.25, 0.3) is 0 Å². The van der Waals surface area contributed by atoms with E-state index in [0.717, 1.165) is 11.3 Å². The van der Waals surface area contributed by atoms with Gasteiger partial charge in [-0.2, -0.15) is 0 Å². The van der Waals surface area contributed by atoms with E-state index < -0.39 is 8.07 Å². The fourth-order valence-electron chi connectivity index (χ4n) is 2.39. The summed E-state index contributed by atoms with van der Waals surface area (Å²) in [6.07, 6.45) is 0.693. The molecular formula is C13H18O2Si. The van der Waals surface area contributed by atoms with Crippen molar-refractivity contribution >= 4 is 13.9 Å². The molecule has 16 heavy (non-hydrogen) atoms. The van der Waals surface area contributed by atoms with Crippen molar-refractivity contribution in [1.82, 2.24) is 0 Å². The summed E-state index contributed by atoms with van der Waals surface area (Å²) in [4.78, 5) is 11.9. The van der Waals surface area contributed by atoms with Crippen molar-refractivity contribution in [2.45, 2.75) is 31.6 Å². The molecule has 0 radical (unpaired) electrons. The molecule has 86 valence electrons. The molecule has 3 heteroatoms. The molecule has 0 heterocycles. The number of hydrogen-bond acceptors (Lipinski definition) is 2. The lowest BCUT2D eigenvalue weighted by Crippen LogP contribution is -2.29. The molecule has 0 N–H and O–H groups in total. The second-order valence-electron chi connectivity index (χ2n) is 5.50. The van der Waals surface area contributed by atoms with Gasteiger partial charge in [-0.1, -0.05) is 19.6 Å². The van der Waals surface area contributed by atoms with Gasteiger partial charge in [0.05, 0.1) is 15.2 Å². The lowest BCUT2D eigenvalue weighted by Gasteiger charge is -2.25. The van der Waals surface area contributed by atoms with Gasteiger partial charge in [0.15, 0.2) is 5.78 Å². The van der Waals surface area contributed by atoms with Gasteiger partial charge in [0.25, 0.3) is 0 Å². The lowest BCUT2D eigenvalue weighted by molar-refractivity contribution is 0.0993. The van der Waals surface area contributed by atoms with E-state index in [0.29, 0.717) is 17.7 Å². The number of ether oxygens (including phenoxy) is 1. The van der Waals surface area contributed by atoms with Crippen LogP contribution in [0.5, 0.6) is 5.75 Å². The van der Waals surface area contributed by atoms with E-state index in [1.807, 2.05) is 18.2 Å². The molecule has 0 aliphatic heterocycles.